The van der Waals surface area contributed by atoms with Crippen molar-refractivity contribution in [3.05, 3.63) is 0 Å². The number of hydrogen-bond acceptors (Lipinski definition) is 6. The molecule has 0 rings (SSSR count). The molecule has 0 N–H and O–H groups in total. The van der Waals surface area contributed by atoms with E-state index in [2.05, 4.69) is 20.8 Å². The van der Waals surface area contributed by atoms with Crippen molar-refractivity contribution in [1.29, 1.82) is 0 Å². The summed E-state index contributed by atoms with van der Waals surface area (Å²) in [5.41, 5.74) is 0. The molecule has 0 fully saturated rings. The van der Waals surface area contributed by atoms with E-state index in [1.165, 1.54) is 270 Å². The zero-order chi connectivity index (χ0) is 50.0. The summed E-state index contributed by atoms with van der Waals surface area (Å²) < 4.78 is 16.8. The molecule has 0 aromatic carbocycles. The highest BCUT2D eigenvalue weighted by Gasteiger charge is 2.19. The predicted molar refractivity (Wildman–Crippen MR) is 298 cm³/mol. The van der Waals surface area contributed by atoms with Gasteiger partial charge in [-0.2, -0.15) is 0 Å². The van der Waals surface area contributed by atoms with Crippen LogP contribution in [-0.2, 0) is 28.6 Å². The molecule has 0 heterocycles. The molecular weight excluding hydrogens is 853 g/mol. The number of ether oxygens (including phenoxy) is 3. The van der Waals surface area contributed by atoms with Crippen molar-refractivity contribution in [2.75, 3.05) is 13.2 Å². The molecule has 1 atom stereocenters. The molecule has 0 aliphatic heterocycles. The van der Waals surface area contributed by atoms with Crippen LogP contribution in [0.15, 0.2) is 0 Å². The lowest BCUT2D eigenvalue weighted by Crippen LogP contribution is -2.30. The van der Waals surface area contributed by atoms with Gasteiger partial charge in [0.15, 0.2) is 6.10 Å². The van der Waals surface area contributed by atoms with Crippen molar-refractivity contribution < 1.29 is 28.6 Å². The van der Waals surface area contributed by atoms with Gasteiger partial charge in [0.1, 0.15) is 13.2 Å². The summed E-state index contributed by atoms with van der Waals surface area (Å²) in [6, 6.07) is 0. The maximum Gasteiger partial charge on any atom is 0.306 e. The number of hydrogen-bond donors (Lipinski definition) is 0. The van der Waals surface area contributed by atoms with Gasteiger partial charge < -0.3 is 14.2 Å². The Bertz CT molecular complexity index is 1030. The van der Waals surface area contributed by atoms with E-state index in [-0.39, 0.29) is 31.1 Å². The molecule has 0 bridgehead atoms. The third-order valence-corrected chi connectivity index (χ3v) is 14.6. The summed E-state index contributed by atoms with van der Waals surface area (Å²) in [7, 11) is 0. The van der Waals surface area contributed by atoms with Crippen molar-refractivity contribution in [2.45, 2.75) is 374 Å². The predicted octanol–water partition coefficient (Wildman–Crippen LogP) is 21.1. The molecule has 410 valence electrons. The second kappa shape index (κ2) is 59.0. The van der Waals surface area contributed by atoms with Crippen LogP contribution >= 0.6 is 0 Å². The molecule has 1 unspecified atom stereocenters. The van der Waals surface area contributed by atoms with Crippen LogP contribution in [0.25, 0.3) is 0 Å². The van der Waals surface area contributed by atoms with Crippen LogP contribution in [0.5, 0.6) is 0 Å². The zero-order valence-corrected chi connectivity index (χ0v) is 47.1. The van der Waals surface area contributed by atoms with E-state index in [0.29, 0.717) is 19.3 Å². The molecule has 0 aromatic rings. The molecular formula is C63H122O6. The quantitative estimate of drug-likeness (QED) is 0.0343. The van der Waals surface area contributed by atoms with E-state index in [1.54, 1.807) is 0 Å². The van der Waals surface area contributed by atoms with Gasteiger partial charge in [0.05, 0.1) is 0 Å². The minimum Gasteiger partial charge on any atom is -0.462 e. The smallest absolute Gasteiger partial charge is 0.306 e. The lowest BCUT2D eigenvalue weighted by molar-refractivity contribution is -0.167. The van der Waals surface area contributed by atoms with Crippen LogP contribution < -0.4 is 0 Å². The van der Waals surface area contributed by atoms with Crippen LogP contribution in [0.1, 0.15) is 367 Å². The molecule has 6 heteroatoms. The minimum atomic E-state index is -0.760. The second-order valence-corrected chi connectivity index (χ2v) is 21.7. The van der Waals surface area contributed by atoms with E-state index in [4.69, 9.17) is 14.2 Å². The van der Waals surface area contributed by atoms with Gasteiger partial charge in [-0.3, -0.25) is 14.4 Å². The molecule has 0 saturated carbocycles. The first-order valence-electron chi connectivity index (χ1n) is 31.5. The molecule has 0 radical (unpaired) electrons. The van der Waals surface area contributed by atoms with Crippen LogP contribution in [0.3, 0.4) is 0 Å². The van der Waals surface area contributed by atoms with E-state index < -0.39 is 6.10 Å². The highest BCUT2D eigenvalue weighted by molar-refractivity contribution is 5.71. The topological polar surface area (TPSA) is 78.9 Å². The summed E-state index contributed by atoms with van der Waals surface area (Å²) in [4.78, 5) is 37.9. The Kier molecular flexibility index (Phi) is 57.6. The van der Waals surface area contributed by atoms with Crippen molar-refractivity contribution in [3.8, 4) is 0 Å². The van der Waals surface area contributed by atoms with E-state index in [0.717, 1.165) is 57.8 Å². The molecule has 6 nitrogen and oxygen atoms in total. The Morgan fingerprint density at radius 3 is 0.580 bits per heavy atom. The number of carbonyl (C=O) groups excluding carboxylic acids is 3. The summed E-state index contributed by atoms with van der Waals surface area (Å²) >= 11 is 0. The van der Waals surface area contributed by atoms with E-state index in [1.807, 2.05) is 0 Å². The Hall–Kier alpha value is -1.59. The van der Waals surface area contributed by atoms with Crippen molar-refractivity contribution in [2.24, 2.45) is 0 Å². The first kappa shape index (κ1) is 67.4. The Morgan fingerprint density at radius 1 is 0.232 bits per heavy atom. The van der Waals surface area contributed by atoms with Gasteiger partial charge in [0.25, 0.3) is 0 Å². The van der Waals surface area contributed by atoms with Crippen molar-refractivity contribution in [1.82, 2.24) is 0 Å². The van der Waals surface area contributed by atoms with Gasteiger partial charge >= 0.3 is 17.9 Å². The van der Waals surface area contributed by atoms with Gasteiger partial charge in [0.2, 0.25) is 0 Å². The standard InChI is InChI=1S/C63H122O6/c1-4-7-10-13-16-18-20-22-24-26-27-28-29-30-31-32-33-34-35-36-38-39-41-43-45-47-50-53-56-62(65)68-59-60(58-67-61(64)55-52-49-15-12-9-6-3)69-63(66)57-54-51-48-46-44-42-40-37-25-23-21-19-17-14-11-8-5-2/h60H,4-59H2,1-3H3. The molecule has 0 saturated heterocycles. The second-order valence-electron chi connectivity index (χ2n) is 21.7. The SMILES string of the molecule is CCCCCCCCCCCCCCCCCCCCCCCCCCCCCCC(=O)OCC(COC(=O)CCCCCCCC)OC(=O)CCCCCCCCCCCCCCCCCCC. The van der Waals surface area contributed by atoms with Crippen LogP contribution in [0.2, 0.25) is 0 Å². The van der Waals surface area contributed by atoms with Crippen molar-refractivity contribution in [3.63, 3.8) is 0 Å². The monoisotopic (exact) mass is 975 g/mol. The zero-order valence-electron chi connectivity index (χ0n) is 47.1. The molecule has 0 amide bonds. The lowest BCUT2D eigenvalue weighted by Gasteiger charge is -2.18. The molecule has 0 aliphatic carbocycles. The summed E-state index contributed by atoms with van der Waals surface area (Å²) in [6.07, 6.45) is 67.3. The average molecular weight is 976 g/mol. The van der Waals surface area contributed by atoms with Gasteiger partial charge in [-0.15, -0.1) is 0 Å². The number of esters is 3. The van der Waals surface area contributed by atoms with Gasteiger partial charge in [-0.1, -0.05) is 329 Å². The highest BCUT2D eigenvalue weighted by Crippen LogP contribution is 2.19. The highest BCUT2D eigenvalue weighted by atomic mass is 16.6. The normalized spacial score (nSPS) is 11.9. The lowest BCUT2D eigenvalue weighted by atomic mass is 10.0. The van der Waals surface area contributed by atoms with Crippen LogP contribution in [0, 0.1) is 0 Å². The van der Waals surface area contributed by atoms with Gasteiger partial charge in [-0.25, -0.2) is 0 Å². The fourth-order valence-electron chi connectivity index (χ4n) is 9.86. The largest absolute Gasteiger partial charge is 0.462 e. The molecule has 0 aliphatic rings. The average Bonchev–Trinajstić information content (AvgIpc) is 3.35. The summed E-state index contributed by atoms with van der Waals surface area (Å²) in [5, 5.41) is 0. The first-order chi connectivity index (χ1) is 34.0. The van der Waals surface area contributed by atoms with Gasteiger partial charge in [-0.05, 0) is 19.3 Å². The first-order valence-corrected chi connectivity index (χ1v) is 31.5. The Balaban J connectivity index is 3.96. The Morgan fingerprint density at radius 2 is 0.391 bits per heavy atom. The molecule has 0 spiro atoms. The van der Waals surface area contributed by atoms with Crippen molar-refractivity contribution >= 4 is 17.9 Å². The number of unbranched alkanes of at least 4 members (excludes halogenated alkanes) is 48. The third-order valence-electron chi connectivity index (χ3n) is 14.6. The fourth-order valence-corrected chi connectivity index (χ4v) is 9.86. The van der Waals surface area contributed by atoms with E-state index >= 15 is 0 Å². The summed E-state index contributed by atoms with van der Waals surface area (Å²) in [5.74, 6) is -0.843. The van der Waals surface area contributed by atoms with Crippen LogP contribution in [-0.4, -0.2) is 37.2 Å². The molecule has 0 aromatic heterocycles. The van der Waals surface area contributed by atoms with Crippen LogP contribution in [0.4, 0.5) is 0 Å². The number of carbonyl (C=O) groups is 3. The number of rotatable bonds is 59. The van der Waals surface area contributed by atoms with E-state index in [9.17, 15) is 14.4 Å². The summed E-state index contributed by atoms with van der Waals surface area (Å²) in [6.45, 7) is 6.66. The minimum absolute atomic E-state index is 0.0620. The maximum atomic E-state index is 12.8. The Labute approximate surface area is 431 Å². The molecule has 69 heavy (non-hydrogen) atoms. The maximum absolute atomic E-state index is 12.8. The third kappa shape index (κ3) is 57.2. The van der Waals surface area contributed by atoms with Gasteiger partial charge in [0, 0.05) is 19.3 Å². The fraction of sp³-hybridized carbons (Fsp3) is 0.952.